The lowest BCUT2D eigenvalue weighted by Gasteiger charge is -2.38. The number of para-hydroxylation sites is 2. The molecule has 0 bridgehead atoms. The van der Waals surface area contributed by atoms with Gasteiger partial charge in [-0.15, -0.1) is 0 Å². The van der Waals surface area contributed by atoms with Crippen molar-refractivity contribution >= 4 is 11.8 Å². The number of piperazine rings is 1. The fourth-order valence-corrected chi connectivity index (χ4v) is 3.20. The van der Waals surface area contributed by atoms with Crippen LogP contribution in [0.25, 0.3) is 0 Å². The molecule has 23 heavy (non-hydrogen) atoms. The lowest BCUT2D eigenvalue weighted by molar-refractivity contribution is -0.156. The Balaban J connectivity index is 0.000000149. The first-order valence-electron chi connectivity index (χ1n) is 7.91. The lowest BCUT2D eigenvalue weighted by Crippen LogP contribution is -2.60. The van der Waals surface area contributed by atoms with Gasteiger partial charge in [0.05, 0.1) is 0 Å². The van der Waals surface area contributed by atoms with Gasteiger partial charge in [-0.25, -0.2) is 0 Å². The molecule has 0 saturated carbocycles. The van der Waals surface area contributed by atoms with Crippen molar-refractivity contribution < 1.29 is 19.1 Å². The van der Waals surface area contributed by atoms with Crippen LogP contribution in [0.1, 0.15) is 20.3 Å². The van der Waals surface area contributed by atoms with Gasteiger partial charge >= 0.3 is 0 Å². The average molecular weight is 318 g/mol. The van der Waals surface area contributed by atoms with Gasteiger partial charge < -0.3 is 19.3 Å². The zero-order valence-corrected chi connectivity index (χ0v) is 13.7. The van der Waals surface area contributed by atoms with Crippen LogP contribution in [0.3, 0.4) is 0 Å². The Morgan fingerprint density at radius 2 is 1.65 bits per heavy atom. The summed E-state index contributed by atoms with van der Waals surface area (Å²) in [6, 6.07) is 7.16. The van der Waals surface area contributed by atoms with Gasteiger partial charge in [0.25, 0.3) is 0 Å². The van der Waals surface area contributed by atoms with Crippen molar-refractivity contribution in [2.75, 3.05) is 20.4 Å². The van der Waals surface area contributed by atoms with Crippen molar-refractivity contribution in [3.05, 3.63) is 24.3 Å². The highest BCUT2D eigenvalue weighted by atomic mass is 16.7. The first-order chi connectivity index (χ1) is 11.0. The van der Waals surface area contributed by atoms with E-state index >= 15 is 0 Å². The number of nitrogens with zero attached hydrogens (tertiary/aromatic N) is 2. The van der Waals surface area contributed by atoms with Crippen LogP contribution in [-0.4, -0.2) is 54.1 Å². The van der Waals surface area contributed by atoms with Crippen molar-refractivity contribution in [3.63, 3.8) is 0 Å². The van der Waals surface area contributed by atoms with Crippen molar-refractivity contribution in [2.45, 2.75) is 32.4 Å². The molecule has 0 N–H and O–H groups in total. The van der Waals surface area contributed by atoms with Crippen LogP contribution in [0.15, 0.2) is 24.3 Å². The zero-order chi connectivity index (χ0) is 16.6. The minimum atomic E-state index is -0.288. The van der Waals surface area contributed by atoms with Gasteiger partial charge in [-0.05, 0) is 31.4 Å². The number of carbonyl (C=O) groups is 2. The third-order valence-electron chi connectivity index (χ3n) is 4.64. The molecule has 124 valence electrons. The summed E-state index contributed by atoms with van der Waals surface area (Å²) in [5.41, 5.74) is 0. The number of benzene rings is 1. The van der Waals surface area contributed by atoms with E-state index in [0.717, 1.165) is 24.5 Å². The molecular formula is C17H22N2O4. The number of rotatable bonds is 0. The van der Waals surface area contributed by atoms with Crippen molar-refractivity contribution in [3.8, 4) is 11.5 Å². The van der Waals surface area contributed by atoms with E-state index in [9.17, 15) is 9.59 Å². The second kappa shape index (κ2) is 6.10. The normalized spacial score (nSPS) is 28.4. The number of hydrogen-bond acceptors (Lipinski definition) is 4. The summed E-state index contributed by atoms with van der Waals surface area (Å²) >= 11 is 0. The number of hydrogen-bond donors (Lipinski definition) is 0. The van der Waals surface area contributed by atoms with Crippen LogP contribution in [0.4, 0.5) is 0 Å². The summed E-state index contributed by atoms with van der Waals surface area (Å²) < 4.78 is 10.2. The molecule has 2 fully saturated rings. The first-order valence-corrected chi connectivity index (χ1v) is 7.91. The minimum absolute atomic E-state index is 0.0986. The molecule has 3 aliphatic rings. The molecule has 6 nitrogen and oxygen atoms in total. The summed E-state index contributed by atoms with van der Waals surface area (Å²) in [6.07, 6.45) is 0.821. The van der Waals surface area contributed by atoms with Crippen molar-refractivity contribution in [2.24, 2.45) is 5.92 Å². The van der Waals surface area contributed by atoms with E-state index in [0.29, 0.717) is 12.7 Å². The maximum atomic E-state index is 11.8. The Hall–Kier alpha value is -2.24. The second-order valence-corrected chi connectivity index (χ2v) is 6.33. The predicted octanol–water partition coefficient (Wildman–Crippen LogP) is 1.50. The molecule has 3 heterocycles. The van der Waals surface area contributed by atoms with E-state index in [4.69, 9.17) is 9.47 Å². The van der Waals surface area contributed by atoms with E-state index in [1.807, 2.05) is 24.3 Å². The number of ether oxygens (including phenoxy) is 2. The van der Waals surface area contributed by atoms with Crippen molar-refractivity contribution in [1.82, 2.24) is 9.80 Å². The van der Waals surface area contributed by atoms with Gasteiger partial charge in [0.15, 0.2) is 11.5 Å². The van der Waals surface area contributed by atoms with Gasteiger partial charge in [-0.2, -0.15) is 0 Å². The van der Waals surface area contributed by atoms with Gasteiger partial charge in [-0.3, -0.25) is 9.59 Å². The van der Waals surface area contributed by atoms with Crippen LogP contribution in [0.2, 0.25) is 0 Å². The highest BCUT2D eigenvalue weighted by molar-refractivity contribution is 5.97. The molecule has 2 saturated heterocycles. The third-order valence-corrected chi connectivity index (χ3v) is 4.64. The van der Waals surface area contributed by atoms with E-state index < -0.39 is 0 Å². The molecule has 4 rings (SSSR count). The molecule has 3 aliphatic heterocycles. The number of amides is 2. The highest BCUT2D eigenvalue weighted by Gasteiger charge is 2.46. The zero-order valence-electron chi connectivity index (χ0n) is 13.7. The van der Waals surface area contributed by atoms with Crippen LogP contribution >= 0.6 is 0 Å². The summed E-state index contributed by atoms with van der Waals surface area (Å²) in [4.78, 5) is 27.0. The maximum absolute atomic E-state index is 11.8. The van der Waals surface area contributed by atoms with Gasteiger partial charge in [0.2, 0.25) is 18.6 Å². The third kappa shape index (κ3) is 2.85. The SMILES string of the molecule is CC1CC2C(=O)N(C)C(C)C(=O)N2C1.c1ccc2c(c1)OCO2. The van der Waals surface area contributed by atoms with Gasteiger partial charge in [0.1, 0.15) is 12.1 Å². The number of carbonyl (C=O) groups excluding carboxylic acids is 2. The van der Waals surface area contributed by atoms with Crippen LogP contribution in [-0.2, 0) is 9.59 Å². The average Bonchev–Trinajstić information content (AvgIpc) is 3.17. The molecule has 2 amide bonds. The molecule has 3 unspecified atom stereocenters. The molecule has 0 spiro atoms. The molecule has 3 atom stereocenters. The summed E-state index contributed by atoms with van der Waals surface area (Å²) in [7, 11) is 1.71. The number of fused-ring (bicyclic) bond motifs is 2. The summed E-state index contributed by atoms with van der Waals surface area (Å²) in [6.45, 7) is 4.98. The van der Waals surface area contributed by atoms with E-state index in [1.165, 1.54) is 0 Å². The molecule has 6 heteroatoms. The van der Waals surface area contributed by atoms with E-state index in [-0.39, 0.29) is 23.9 Å². The standard InChI is InChI=1S/C10H16N2O2.C7H6O2/c1-6-4-8-10(14)11(3)7(2)9(13)12(8)5-6;1-2-4-7-6(3-1)8-5-9-7/h6-8H,4-5H2,1-3H3;1-4H,5H2. The predicted molar refractivity (Wildman–Crippen MR) is 84.1 cm³/mol. The monoisotopic (exact) mass is 318 g/mol. The fraction of sp³-hybridized carbons (Fsp3) is 0.529. The van der Waals surface area contributed by atoms with Crippen LogP contribution in [0, 0.1) is 5.92 Å². The Labute approximate surface area is 136 Å². The quantitative estimate of drug-likeness (QED) is 0.727. The maximum Gasteiger partial charge on any atom is 0.245 e. The van der Waals surface area contributed by atoms with Crippen LogP contribution in [0.5, 0.6) is 11.5 Å². The fourth-order valence-electron chi connectivity index (χ4n) is 3.20. The molecule has 0 aliphatic carbocycles. The van der Waals surface area contributed by atoms with Crippen LogP contribution < -0.4 is 9.47 Å². The molecule has 0 aromatic heterocycles. The number of likely N-dealkylation sites (N-methyl/N-ethyl adjacent to an activating group) is 1. The Kier molecular flexibility index (Phi) is 4.15. The van der Waals surface area contributed by atoms with Gasteiger partial charge in [0, 0.05) is 13.6 Å². The first kappa shape index (κ1) is 15.6. The topological polar surface area (TPSA) is 59.1 Å². The second-order valence-electron chi connectivity index (χ2n) is 6.33. The largest absolute Gasteiger partial charge is 0.454 e. The molecule has 1 aromatic carbocycles. The molecule has 0 radical (unpaired) electrons. The van der Waals surface area contributed by atoms with E-state index in [2.05, 4.69) is 6.92 Å². The molecule has 1 aromatic rings. The Morgan fingerprint density at radius 3 is 2.26 bits per heavy atom. The Bertz CT molecular complexity index is 567. The summed E-state index contributed by atoms with van der Waals surface area (Å²) in [5, 5.41) is 0. The van der Waals surface area contributed by atoms with E-state index in [1.54, 1.807) is 23.8 Å². The smallest absolute Gasteiger partial charge is 0.245 e. The lowest BCUT2D eigenvalue weighted by atomic mass is 10.0. The van der Waals surface area contributed by atoms with Gasteiger partial charge in [-0.1, -0.05) is 19.1 Å². The molecular weight excluding hydrogens is 296 g/mol. The highest BCUT2D eigenvalue weighted by Crippen LogP contribution is 2.30. The van der Waals surface area contributed by atoms with Crippen molar-refractivity contribution in [1.29, 1.82) is 0 Å². The minimum Gasteiger partial charge on any atom is -0.454 e. The Morgan fingerprint density at radius 1 is 1.04 bits per heavy atom. The summed E-state index contributed by atoms with van der Waals surface area (Å²) in [5.74, 6) is 2.34.